The number of halogens is 2. The van der Waals surface area contributed by atoms with Crippen LogP contribution in [0.1, 0.15) is 85.0 Å². The van der Waals surface area contributed by atoms with Crippen LogP contribution in [0.3, 0.4) is 0 Å². The van der Waals surface area contributed by atoms with E-state index in [1.807, 2.05) is 0 Å². The lowest BCUT2D eigenvalue weighted by Crippen LogP contribution is -2.61. The lowest BCUT2D eigenvalue weighted by molar-refractivity contribution is -0.238. The van der Waals surface area contributed by atoms with Crippen molar-refractivity contribution in [2.75, 3.05) is 0 Å². The molecule has 4 fully saturated rings. The van der Waals surface area contributed by atoms with Crippen LogP contribution < -0.4 is 0 Å². The second-order valence-corrected chi connectivity index (χ2v) is 11.5. The van der Waals surface area contributed by atoms with Crippen LogP contribution in [0.4, 0.5) is 8.78 Å². The van der Waals surface area contributed by atoms with Gasteiger partial charge in [-0.05, 0) is 91.8 Å². The third-order valence-corrected chi connectivity index (χ3v) is 10.2. The van der Waals surface area contributed by atoms with Crippen LogP contribution in [0.15, 0.2) is 0 Å². The van der Waals surface area contributed by atoms with Gasteiger partial charge in [-0.15, -0.1) is 0 Å². The Hall–Kier alpha value is -0.710. The van der Waals surface area contributed by atoms with E-state index in [9.17, 15) is 9.90 Å². The van der Waals surface area contributed by atoms with Crippen molar-refractivity contribution < 1.29 is 23.8 Å². The van der Waals surface area contributed by atoms with E-state index in [0.29, 0.717) is 18.8 Å². The molecule has 0 heterocycles. The fraction of sp³-hybridized carbons (Fsp3) is 0.958. The molecule has 4 aliphatic rings. The molecule has 9 atom stereocenters. The van der Waals surface area contributed by atoms with Gasteiger partial charge in [0.25, 0.3) is 5.92 Å². The molecule has 4 rings (SSSR count). The highest BCUT2D eigenvalue weighted by atomic mass is 19.3. The summed E-state index contributed by atoms with van der Waals surface area (Å²) in [6, 6.07) is 0. The van der Waals surface area contributed by atoms with Gasteiger partial charge in [0.15, 0.2) is 0 Å². The Morgan fingerprint density at radius 2 is 1.72 bits per heavy atom. The lowest BCUT2D eigenvalue weighted by Gasteiger charge is -2.63. The summed E-state index contributed by atoms with van der Waals surface area (Å²) in [5, 5.41) is 19.2. The molecule has 4 aliphatic carbocycles. The number of fused-ring (bicyclic) bond motifs is 5. The number of carboxylic acid groups (broad SMARTS) is 1. The zero-order valence-electron chi connectivity index (χ0n) is 18.2. The highest BCUT2D eigenvalue weighted by Crippen LogP contribution is 2.71. The predicted octanol–water partition coefficient (Wildman–Crippen LogP) is 5.75. The molecule has 0 saturated heterocycles. The fourth-order valence-corrected chi connectivity index (χ4v) is 8.66. The summed E-state index contributed by atoms with van der Waals surface area (Å²) in [4.78, 5) is 11.0. The molecule has 0 radical (unpaired) electrons. The van der Waals surface area contributed by atoms with E-state index in [2.05, 4.69) is 20.8 Å². The van der Waals surface area contributed by atoms with Crippen molar-refractivity contribution >= 4 is 5.97 Å². The molecule has 0 aliphatic heterocycles. The number of aliphatic hydroxyl groups excluding tert-OH is 1. The number of alkyl halides is 2. The molecule has 3 nitrogen and oxygen atoms in total. The molecule has 0 bridgehead atoms. The predicted molar refractivity (Wildman–Crippen MR) is 108 cm³/mol. The molecule has 29 heavy (non-hydrogen) atoms. The SMILES string of the molecule is C[C@H](CCC(=O)O)C1CC[C@H]2[C@H]3[C@H](CC[C@]12C)C1(C)CC[C@@H](O)C[C@H]1CC3(F)F. The Labute approximate surface area is 173 Å². The van der Waals surface area contributed by atoms with E-state index in [1.54, 1.807) is 0 Å². The molecule has 0 amide bonds. The molecule has 2 N–H and O–H groups in total. The van der Waals surface area contributed by atoms with Crippen molar-refractivity contribution in [2.24, 2.45) is 46.3 Å². The van der Waals surface area contributed by atoms with Crippen molar-refractivity contribution in [3.63, 3.8) is 0 Å². The van der Waals surface area contributed by atoms with E-state index >= 15 is 8.78 Å². The summed E-state index contributed by atoms with van der Waals surface area (Å²) in [5.41, 5.74) is -0.167. The van der Waals surface area contributed by atoms with Gasteiger partial charge in [-0.25, -0.2) is 8.78 Å². The topological polar surface area (TPSA) is 57.5 Å². The number of rotatable bonds is 4. The van der Waals surface area contributed by atoms with Crippen LogP contribution in [0.25, 0.3) is 0 Å². The fourth-order valence-electron chi connectivity index (χ4n) is 8.66. The molecule has 2 unspecified atom stereocenters. The average molecular weight is 413 g/mol. The third kappa shape index (κ3) is 3.34. The van der Waals surface area contributed by atoms with Crippen LogP contribution in [0.5, 0.6) is 0 Å². The van der Waals surface area contributed by atoms with Crippen LogP contribution in [-0.2, 0) is 4.79 Å². The number of aliphatic carboxylic acids is 1. The van der Waals surface area contributed by atoms with E-state index in [-0.39, 0.29) is 47.3 Å². The Morgan fingerprint density at radius 3 is 2.41 bits per heavy atom. The van der Waals surface area contributed by atoms with Crippen molar-refractivity contribution in [1.29, 1.82) is 0 Å². The number of carboxylic acids is 1. The zero-order valence-corrected chi connectivity index (χ0v) is 18.2. The van der Waals surface area contributed by atoms with Gasteiger partial charge in [-0.1, -0.05) is 20.8 Å². The molecule has 4 saturated carbocycles. The summed E-state index contributed by atoms with van der Waals surface area (Å²) in [6.45, 7) is 6.60. The first-order valence-corrected chi connectivity index (χ1v) is 11.8. The first kappa shape index (κ1) is 21.5. The minimum Gasteiger partial charge on any atom is -0.481 e. The van der Waals surface area contributed by atoms with Gasteiger partial charge in [0, 0.05) is 18.8 Å². The standard InChI is InChI=1S/C24H38F2O3/c1-14(4-7-20(28)29)17-5-6-18-21-19(9-11-23(17,18)3)22(2)10-8-16(27)12-15(22)13-24(21,25)26/h14-19,21,27H,4-13H2,1-3H3,(H,28,29)/t14-,15+,16-,17?,18+,19+,21+,22?,23-/m1/s1. The maximum atomic E-state index is 15.6. The second kappa shape index (κ2) is 7.17. The summed E-state index contributed by atoms with van der Waals surface area (Å²) in [6.07, 6.45) is 6.16. The summed E-state index contributed by atoms with van der Waals surface area (Å²) in [5.74, 6) is -3.33. The van der Waals surface area contributed by atoms with Crippen LogP contribution in [0.2, 0.25) is 0 Å². The smallest absolute Gasteiger partial charge is 0.303 e. The van der Waals surface area contributed by atoms with Gasteiger partial charge < -0.3 is 10.2 Å². The third-order valence-electron chi connectivity index (χ3n) is 10.2. The second-order valence-electron chi connectivity index (χ2n) is 11.5. The van der Waals surface area contributed by atoms with Crippen molar-refractivity contribution in [1.82, 2.24) is 0 Å². The minimum absolute atomic E-state index is 0.0400. The highest BCUT2D eigenvalue weighted by Gasteiger charge is 2.68. The monoisotopic (exact) mass is 412 g/mol. The Bertz CT molecular complexity index is 652. The molecule has 5 heteroatoms. The molecule has 0 spiro atoms. The van der Waals surface area contributed by atoms with Crippen LogP contribution in [-0.4, -0.2) is 28.2 Å². The zero-order chi connectivity index (χ0) is 21.2. The van der Waals surface area contributed by atoms with Gasteiger partial charge in [-0.2, -0.15) is 0 Å². The van der Waals surface area contributed by atoms with Gasteiger partial charge in [0.05, 0.1) is 6.10 Å². The van der Waals surface area contributed by atoms with Crippen molar-refractivity contribution in [2.45, 2.75) is 97.0 Å². The van der Waals surface area contributed by atoms with Gasteiger partial charge in [0.2, 0.25) is 0 Å². The van der Waals surface area contributed by atoms with Gasteiger partial charge in [-0.3, -0.25) is 4.79 Å². The van der Waals surface area contributed by atoms with E-state index in [0.717, 1.165) is 38.5 Å². The van der Waals surface area contributed by atoms with Crippen molar-refractivity contribution in [3.8, 4) is 0 Å². The number of hydrogen-bond acceptors (Lipinski definition) is 2. The van der Waals surface area contributed by atoms with E-state index in [4.69, 9.17) is 5.11 Å². The first-order valence-electron chi connectivity index (χ1n) is 11.8. The van der Waals surface area contributed by atoms with Crippen molar-refractivity contribution in [3.05, 3.63) is 0 Å². The van der Waals surface area contributed by atoms with Crippen LogP contribution in [0, 0.1) is 46.3 Å². The van der Waals surface area contributed by atoms with E-state index in [1.165, 1.54) is 0 Å². The molecule has 166 valence electrons. The molecule has 0 aromatic rings. The Kier molecular flexibility index (Phi) is 5.32. The Balaban J connectivity index is 1.60. The maximum absolute atomic E-state index is 15.6. The minimum atomic E-state index is -2.66. The quantitative estimate of drug-likeness (QED) is 0.618. The maximum Gasteiger partial charge on any atom is 0.303 e. The largest absolute Gasteiger partial charge is 0.481 e. The Morgan fingerprint density at radius 1 is 1.07 bits per heavy atom. The van der Waals surface area contributed by atoms with Crippen LogP contribution >= 0.6 is 0 Å². The average Bonchev–Trinajstić information content (AvgIpc) is 2.98. The summed E-state index contributed by atoms with van der Waals surface area (Å²) < 4.78 is 31.3. The molecular weight excluding hydrogens is 374 g/mol. The molecule has 0 aromatic carbocycles. The molecule has 0 aromatic heterocycles. The summed E-state index contributed by atoms with van der Waals surface area (Å²) >= 11 is 0. The number of hydrogen-bond donors (Lipinski definition) is 2. The first-order chi connectivity index (χ1) is 13.5. The number of carbonyl (C=O) groups is 1. The normalized spacial score (nSPS) is 49.6. The lowest BCUT2D eigenvalue weighted by atomic mass is 9.43. The number of aliphatic hydroxyl groups is 1. The van der Waals surface area contributed by atoms with Gasteiger partial charge in [0.1, 0.15) is 0 Å². The highest BCUT2D eigenvalue weighted by molar-refractivity contribution is 5.66. The van der Waals surface area contributed by atoms with Gasteiger partial charge >= 0.3 is 5.97 Å². The van der Waals surface area contributed by atoms with E-state index < -0.39 is 23.9 Å². The molecular formula is C24H38F2O3. The summed E-state index contributed by atoms with van der Waals surface area (Å²) in [7, 11) is 0.